The summed E-state index contributed by atoms with van der Waals surface area (Å²) in [6.45, 7) is 0. The van der Waals surface area contributed by atoms with Gasteiger partial charge in [-0.2, -0.15) is 0 Å². The number of carboxylic acids is 1. The van der Waals surface area contributed by atoms with Crippen molar-refractivity contribution in [3.63, 3.8) is 0 Å². The van der Waals surface area contributed by atoms with Gasteiger partial charge in [-0.1, -0.05) is 24.3 Å². The second-order valence-electron chi connectivity index (χ2n) is 10.6. The highest BCUT2D eigenvalue weighted by molar-refractivity contribution is 5.91. The number of ether oxygens (including phenoxy) is 1. The minimum absolute atomic E-state index is 0.110. The molecule has 0 radical (unpaired) electrons. The molecular formula is C29H27NO4. The number of esters is 1. The number of pyridine rings is 1. The standard InChI is InChI=1S/C29H27NO4/c31-26(32)21-3-7-23(8-4-21)28-13-19-12-20(14-28)16-29(15-19,18-28)24-9-5-22(6-10-24)27(33)34-25-2-1-11-30-17-25/h1-11,17,19-20H,12-16,18H2,(H,31,32). The van der Waals surface area contributed by atoms with Crippen LogP contribution in [-0.2, 0) is 10.8 Å². The molecule has 5 heteroatoms. The van der Waals surface area contributed by atoms with Gasteiger partial charge in [0.05, 0.1) is 17.3 Å². The first-order valence-electron chi connectivity index (χ1n) is 12.0. The summed E-state index contributed by atoms with van der Waals surface area (Å²) in [6, 6.07) is 19.1. The van der Waals surface area contributed by atoms with Gasteiger partial charge in [0.25, 0.3) is 0 Å². The lowest BCUT2D eigenvalue weighted by Gasteiger charge is -2.62. The van der Waals surface area contributed by atoms with Crippen LogP contribution >= 0.6 is 0 Å². The molecule has 2 aromatic carbocycles. The summed E-state index contributed by atoms with van der Waals surface area (Å²) < 4.78 is 5.45. The minimum Gasteiger partial charge on any atom is -0.478 e. The highest BCUT2D eigenvalue weighted by Crippen LogP contribution is 2.66. The van der Waals surface area contributed by atoms with Gasteiger partial charge in [0.15, 0.2) is 0 Å². The number of carbonyl (C=O) groups excluding carboxylic acids is 1. The van der Waals surface area contributed by atoms with Crippen molar-refractivity contribution in [3.8, 4) is 5.75 Å². The van der Waals surface area contributed by atoms with E-state index in [1.54, 1.807) is 30.5 Å². The van der Waals surface area contributed by atoms with Crippen LogP contribution in [0.3, 0.4) is 0 Å². The first kappa shape index (κ1) is 21.1. The molecule has 2 unspecified atom stereocenters. The van der Waals surface area contributed by atoms with Gasteiger partial charge in [0.1, 0.15) is 5.75 Å². The molecule has 0 aliphatic heterocycles. The Hall–Kier alpha value is -3.47. The van der Waals surface area contributed by atoms with Crippen LogP contribution in [0.4, 0.5) is 0 Å². The predicted octanol–water partition coefficient (Wildman–Crippen LogP) is 5.79. The first-order valence-corrected chi connectivity index (χ1v) is 12.0. The third-order valence-corrected chi connectivity index (χ3v) is 8.38. The molecule has 0 spiro atoms. The lowest BCUT2D eigenvalue weighted by atomic mass is 9.41. The van der Waals surface area contributed by atoms with Crippen LogP contribution in [0.2, 0.25) is 0 Å². The quantitative estimate of drug-likeness (QED) is 0.495. The number of nitrogens with zero attached hydrogens (tertiary/aromatic N) is 1. The summed E-state index contributed by atoms with van der Waals surface area (Å²) in [5, 5.41) is 9.31. The van der Waals surface area contributed by atoms with Crippen molar-refractivity contribution >= 4 is 11.9 Å². The molecule has 4 aliphatic carbocycles. The highest BCUT2D eigenvalue weighted by atomic mass is 16.5. The maximum atomic E-state index is 12.6. The Morgan fingerprint density at radius 2 is 1.38 bits per heavy atom. The lowest BCUT2D eigenvalue weighted by molar-refractivity contribution is -0.0281. The van der Waals surface area contributed by atoms with Gasteiger partial charge in [-0.05, 0) is 109 Å². The summed E-state index contributed by atoms with van der Waals surface area (Å²) in [4.78, 5) is 27.9. The van der Waals surface area contributed by atoms with E-state index in [0.29, 0.717) is 28.7 Å². The highest BCUT2D eigenvalue weighted by Gasteiger charge is 2.58. The normalized spacial score (nSPS) is 29.1. The number of hydrogen-bond acceptors (Lipinski definition) is 4. The predicted molar refractivity (Wildman–Crippen MR) is 127 cm³/mol. The molecule has 4 aliphatic rings. The fourth-order valence-electron chi connectivity index (χ4n) is 7.44. The first-order chi connectivity index (χ1) is 16.4. The zero-order chi connectivity index (χ0) is 23.3. The van der Waals surface area contributed by atoms with Gasteiger partial charge in [-0.3, -0.25) is 4.98 Å². The van der Waals surface area contributed by atoms with Crippen LogP contribution in [0.15, 0.2) is 73.1 Å². The molecule has 0 amide bonds. The summed E-state index contributed by atoms with van der Waals surface area (Å²) in [6.07, 6.45) is 10.3. The zero-order valence-corrected chi connectivity index (χ0v) is 18.9. The molecule has 3 aromatic rings. The van der Waals surface area contributed by atoms with Crippen LogP contribution in [0, 0.1) is 11.8 Å². The number of carboxylic acid groups (broad SMARTS) is 1. The van der Waals surface area contributed by atoms with Crippen molar-refractivity contribution in [2.24, 2.45) is 11.8 Å². The van der Waals surface area contributed by atoms with Gasteiger partial charge in [-0.25, -0.2) is 9.59 Å². The molecule has 34 heavy (non-hydrogen) atoms. The van der Waals surface area contributed by atoms with E-state index in [4.69, 9.17) is 4.74 Å². The second kappa shape index (κ2) is 7.79. The SMILES string of the molecule is O=C(O)c1ccc(C23CC4CC(C2)CC(c2ccc(C(=O)Oc5cccnc5)cc2)(C4)C3)cc1. The third kappa shape index (κ3) is 3.51. The number of hydrogen-bond donors (Lipinski definition) is 1. The van der Waals surface area contributed by atoms with Crippen LogP contribution in [-0.4, -0.2) is 22.0 Å². The van der Waals surface area contributed by atoms with Crippen LogP contribution in [0.5, 0.6) is 5.75 Å². The number of rotatable bonds is 5. The zero-order valence-electron chi connectivity index (χ0n) is 18.9. The van der Waals surface area contributed by atoms with E-state index in [0.717, 1.165) is 6.42 Å². The molecule has 7 rings (SSSR count). The smallest absolute Gasteiger partial charge is 0.343 e. The Bertz CT molecular complexity index is 1220. The van der Waals surface area contributed by atoms with Crippen LogP contribution in [0.25, 0.3) is 0 Å². The van der Waals surface area contributed by atoms with Crippen molar-refractivity contribution in [1.82, 2.24) is 4.98 Å². The van der Waals surface area contributed by atoms with Crippen molar-refractivity contribution in [3.05, 3.63) is 95.3 Å². The molecule has 4 fully saturated rings. The molecule has 4 bridgehead atoms. The van der Waals surface area contributed by atoms with Crippen LogP contribution < -0.4 is 4.74 Å². The number of carbonyl (C=O) groups is 2. The van der Waals surface area contributed by atoms with E-state index in [9.17, 15) is 14.7 Å². The Balaban J connectivity index is 1.28. The maximum Gasteiger partial charge on any atom is 0.343 e. The Morgan fingerprint density at radius 1 is 0.824 bits per heavy atom. The van der Waals surface area contributed by atoms with Crippen molar-refractivity contribution < 1.29 is 19.4 Å². The molecule has 5 nitrogen and oxygen atoms in total. The molecule has 1 heterocycles. The van der Waals surface area contributed by atoms with Gasteiger partial charge in [-0.15, -0.1) is 0 Å². The minimum atomic E-state index is -0.879. The maximum absolute atomic E-state index is 12.6. The largest absolute Gasteiger partial charge is 0.478 e. The fraction of sp³-hybridized carbons (Fsp3) is 0.345. The van der Waals surface area contributed by atoms with Crippen molar-refractivity contribution in [2.45, 2.75) is 49.4 Å². The molecule has 4 saturated carbocycles. The Morgan fingerprint density at radius 3 is 1.88 bits per heavy atom. The fourth-order valence-corrected chi connectivity index (χ4v) is 7.44. The molecule has 172 valence electrons. The summed E-state index contributed by atoms with van der Waals surface area (Å²) in [5.41, 5.74) is 3.70. The molecule has 0 saturated heterocycles. The van der Waals surface area contributed by atoms with E-state index < -0.39 is 5.97 Å². The number of benzene rings is 2. The summed E-state index contributed by atoms with van der Waals surface area (Å²) >= 11 is 0. The Labute approximate surface area is 198 Å². The van der Waals surface area contributed by atoms with E-state index >= 15 is 0 Å². The average molecular weight is 454 g/mol. The van der Waals surface area contributed by atoms with Gasteiger partial charge in [0.2, 0.25) is 0 Å². The Kier molecular flexibility index (Phi) is 4.83. The van der Waals surface area contributed by atoms with Crippen molar-refractivity contribution in [2.75, 3.05) is 0 Å². The average Bonchev–Trinajstić information content (AvgIpc) is 2.84. The van der Waals surface area contributed by atoms with E-state index in [2.05, 4.69) is 17.1 Å². The summed E-state index contributed by atoms with van der Waals surface area (Å²) in [5.74, 6) is 0.565. The van der Waals surface area contributed by atoms with Gasteiger partial charge >= 0.3 is 11.9 Å². The van der Waals surface area contributed by atoms with Crippen molar-refractivity contribution in [1.29, 1.82) is 0 Å². The van der Waals surface area contributed by atoms with E-state index in [1.807, 2.05) is 24.3 Å². The lowest BCUT2D eigenvalue weighted by Crippen LogP contribution is -2.55. The summed E-state index contributed by atoms with van der Waals surface area (Å²) in [7, 11) is 0. The monoisotopic (exact) mass is 453 g/mol. The topological polar surface area (TPSA) is 76.5 Å². The second-order valence-corrected chi connectivity index (χ2v) is 10.6. The van der Waals surface area contributed by atoms with Crippen LogP contribution in [0.1, 0.15) is 70.4 Å². The molecule has 1 N–H and O–H groups in total. The molecule has 1 aromatic heterocycles. The number of aromatic carboxylic acids is 1. The molecular weight excluding hydrogens is 426 g/mol. The van der Waals surface area contributed by atoms with Gasteiger partial charge < -0.3 is 9.84 Å². The molecule has 2 atom stereocenters. The third-order valence-electron chi connectivity index (χ3n) is 8.38. The van der Waals surface area contributed by atoms with E-state index in [1.165, 1.54) is 49.4 Å². The number of aromatic nitrogens is 1. The van der Waals surface area contributed by atoms with E-state index in [-0.39, 0.29) is 16.8 Å². The van der Waals surface area contributed by atoms with Gasteiger partial charge in [0, 0.05) is 6.20 Å².